The van der Waals surface area contributed by atoms with Crippen LogP contribution in [0.3, 0.4) is 0 Å². The lowest BCUT2D eigenvalue weighted by Gasteiger charge is -2.00. The molecule has 16 heavy (non-hydrogen) atoms. The molecule has 5 heteroatoms. The Morgan fingerprint density at radius 2 is 1.38 bits per heavy atom. The fraction of sp³-hybridized carbons (Fsp3) is 0. The molecule has 0 bridgehead atoms. The van der Waals surface area contributed by atoms with Crippen LogP contribution in [-0.2, 0) is 0 Å². The molecule has 0 aromatic carbocycles. The van der Waals surface area contributed by atoms with Gasteiger partial charge in [-0.2, -0.15) is 0 Å². The van der Waals surface area contributed by atoms with Crippen LogP contribution in [0.15, 0.2) is 36.7 Å². The van der Waals surface area contributed by atoms with E-state index in [4.69, 9.17) is 23.2 Å². The van der Waals surface area contributed by atoms with Gasteiger partial charge in [0.2, 0.25) is 5.78 Å². The SMILES string of the molecule is O=C(c1cc(Cl)ccn1)c1cc(Cl)ccn1. The van der Waals surface area contributed by atoms with Gasteiger partial charge in [0, 0.05) is 22.4 Å². The maximum Gasteiger partial charge on any atom is 0.229 e. The van der Waals surface area contributed by atoms with Crippen LogP contribution in [0, 0.1) is 0 Å². The molecular weight excluding hydrogens is 247 g/mol. The van der Waals surface area contributed by atoms with Crippen LogP contribution >= 0.6 is 23.2 Å². The van der Waals surface area contributed by atoms with E-state index in [1.54, 1.807) is 12.1 Å². The zero-order valence-corrected chi connectivity index (χ0v) is 9.53. The molecule has 0 radical (unpaired) electrons. The van der Waals surface area contributed by atoms with Crippen molar-refractivity contribution in [1.29, 1.82) is 0 Å². The Hall–Kier alpha value is -1.45. The number of carbonyl (C=O) groups is 1. The van der Waals surface area contributed by atoms with E-state index < -0.39 is 0 Å². The molecule has 0 aliphatic heterocycles. The Morgan fingerprint density at radius 3 is 1.75 bits per heavy atom. The maximum atomic E-state index is 11.9. The zero-order chi connectivity index (χ0) is 11.5. The molecule has 2 aromatic heterocycles. The number of rotatable bonds is 2. The van der Waals surface area contributed by atoms with Gasteiger partial charge in [0.15, 0.2) is 0 Å². The molecule has 0 saturated heterocycles. The Kier molecular flexibility index (Phi) is 3.17. The molecule has 0 spiro atoms. The number of hydrogen-bond acceptors (Lipinski definition) is 3. The van der Waals surface area contributed by atoms with Gasteiger partial charge in [-0.3, -0.25) is 14.8 Å². The summed E-state index contributed by atoms with van der Waals surface area (Å²) in [5.74, 6) is -0.301. The van der Waals surface area contributed by atoms with Crippen LogP contribution in [0.5, 0.6) is 0 Å². The molecular formula is C11H6Cl2N2O. The van der Waals surface area contributed by atoms with E-state index in [9.17, 15) is 4.79 Å². The first-order valence-corrected chi connectivity index (χ1v) is 5.20. The van der Waals surface area contributed by atoms with Crippen molar-refractivity contribution in [3.63, 3.8) is 0 Å². The fourth-order valence-corrected chi connectivity index (χ4v) is 1.51. The minimum Gasteiger partial charge on any atom is -0.285 e. The first kappa shape index (κ1) is 11.0. The molecule has 0 amide bonds. The van der Waals surface area contributed by atoms with Gasteiger partial charge in [0.25, 0.3) is 0 Å². The van der Waals surface area contributed by atoms with Crippen LogP contribution in [0.25, 0.3) is 0 Å². The molecule has 0 atom stereocenters. The third kappa shape index (κ3) is 2.38. The molecule has 0 aliphatic rings. The van der Waals surface area contributed by atoms with Crippen molar-refractivity contribution in [3.05, 3.63) is 58.1 Å². The second-order valence-corrected chi connectivity index (χ2v) is 3.92. The summed E-state index contributed by atoms with van der Waals surface area (Å²) in [5, 5.41) is 0.917. The summed E-state index contributed by atoms with van der Waals surface area (Å²) in [7, 11) is 0. The number of carbonyl (C=O) groups excluding carboxylic acids is 1. The lowest BCUT2D eigenvalue weighted by atomic mass is 10.2. The second-order valence-electron chi connectivity index (χ2n) is 3.05. The van der Waals surface area contributed by atoms with E-state index in [2.05, 4.69) is 9.97 Å². The van der Waals surface area contributed by atoms with E-state index in [1.165, 1.54) is 24.5 Å². The summed E-state index contributed by atoms with van der Waals surface area (Å²) in [6, 6.07) is 6.19. The summed E-state index contributed by atoms with van der Waals surface area (Å²) in [6.07, 6.45) is 2.94. The largest absolute Gasteiger partial charge is 0.285 e. The average molecular weight is 253 g/mol. The predicted molar refractivity (Wildman–Crippen MR) is 61.9 cm³/mol. The smallest absolute Gasteiger partial charge is 0.229 e. The highest BCUT2D eigenvalue weighted by atomic mass is 35.5. The number of aromatic nitrogens is 2. The van der Waals surface area contributed by atoms with Crippen molar-refractivity contribution < 1.29 is 4.79 Å². The van der Waals surface area contributed by atoms with Crippen LogP contribution in [0.2, 0.25) is 10.0 Å². The van der Waals surface area contributed by atoms with E-state index in [0.717, 1.165) is 0 Å². The van der Waals surface area contributed by atoms with E-state index in [1.807, 2.05) is 0 Å². The number of nitrogens with zero attached hydrogens (tertiary/aromatic N) is 2. The minimum absolute atomic E-state index is 0.252. The van der Waals surface area contributed by atoms with Crippen LogP contribution < -0.4 is 0 Å². The lowest BCUT2D eigenvalue weighted by molar-refractivity contribution is 0.103. The summed E-state index contributed by atoms with van der Waals surface area (Å²) < 4.78 is 0. The molecule has 0 unspecified atom stereocenters. The van der Waals surface area contributed by atoms with Crippen molar-refractivity contribution in [3.8, 4) is 0 Å². The molecule has 80 valence electrons. The average Bonchev–Trinajstić information content (AvgIpc) is 2.28. The quantitative estimate of drug-likeness (QED) is 0.772. The van der Waals surface area contributed by atoms with Crippen molar-refractivity contribution >= 4 is 29.0 Å². The predicted octanol–water partition coefficient (Wildman–Crippen LogP) is 3.01. The second kappa shape index (κ2) is 4.60. The third-order valence-corrected chi connectivity index (χ3v) is 2.38. The number of pyridine rings is 2. The van der Waals surface area contributed by atoms with Crippen LogP contribution in [0.4, 0.5) is 0 Å². The van der Waals surface area contributed by atoms with Gasteiger partial charge in [0.1, 0.15) is 11.4 Å². The van der Waals surface area contributed by atoms with Gasteiger partial charge in [-0.25, -0.2) is 0 Å². The molecule has 3 nitrogen and oxygen atoms in total. The van der Waals surface area contributed by atoms with Gasteiger partial charge >= 0.3 is 0 Å². The Balaban J connectivity index is 2.39. The first-order valence-electron chi connectivity index (χ1n) is 4.44. The first-order chi connectivity index (χ1) is 7.66. The summed E-state index contributed by atoms with van der Waals surface area (Å²) in [5.41, 5.74) is 0.504. The number of halogens is 2. The highest BCUT2D eigenvalue weighted by Crippen LogP contribution is 2.14. The van der Waals surface area contributed by atoms with Gasteiger partial charge in [0.05, 0.1) is 0 Å². The number of ketones is 1. The van der Waals surface area contributed by atoms with Gasteiger partial charge in [-0.1, -0.05) is 23.2 Å². The van der Waals surface area contributed by atoms with E-state index >= 15 is 0 Å². The molecule has 2 heterocycles. The van der Waals surface area contributed by atoms with E-state index in [-0.39, 0.29) is 17.2 Å². The van der Waals surface area contributed by atoms with Crippen LogP contribution in [0.1, 0.15) is 16.2 Å². The van der Waals surface area contributed by atoms with Crippen molar-refractivity contribution in [2.24, 2.45) is 0 Å². The highest BCUT2D eigenvalue weighted by Gasteiger charge is 2.12. The summed E-state index contributed by atoms with van der Waals surface area (Å²) >= 11 is 11.5. The maximum absolute atomic E-state index is 11.9. The van der Waals surface area contributed by atoms with Gasteiger partial charge in [-0.15, -0.1) is 0 Å². The topological polar surface area (TPSA) is 42.9 Å². The lowest BCUT2D eigenvalue weighted by Crippen LogP contribution is -2.05. The highest BCUT2D eigenvalue weighted by molar-refractivity contribution is 6.31. The van der Waals surface area contributed by atoms with Crippen LogP contribution in [-0.4, -0.2) is 15.8 Å². The molecule has 2 rings (SSSR count). The fourth-order valence-electron chi connectivity index (χ4n) is 1.19. The Morgan fingerprint density at radius 1 is 0.938 bits per heavy atom. The van der Waals surface area contributed by atoms with Gasteiger partial charge in [-0.05, 0) is 24.3 Å². The molecule has 0 saturated carbocycles. The molecule has 2 aromatic rings. The van der Waals surface area contributed by atoms with E-state index in [0.29, 0.717) is 10.0 Å². The van der Waals surface area contributed by atoms with Crippen molar-refractivity contribution in [2.45, 2.75) is 0 Å². The Bertz CT molecular complexity index is 496. The van der Waals surface area contributed by atoms with Crippen molar-refractivity contribution in [2.75, 3.05) is 0 Å². The molecule has 0 fully saturated rings. The molecule has 0 N–H and O–H groups in total. The summed E-state index contributed by atoms with van der Waals surface area (Å²) in [4.78, 5) is 19.8. The number of hydrogen-bond donors (Lipinski definition) is 0. The summed E-state index contributed by atoms with van der Waals surface area (Å²) in [6.45, 7) is 0. The molecule has 0 aliphatic carbocycles. The van der Waals surface area contributed by atoms with Crippen molar-refractivity contribution in [1.82, 2.24) is 9.97 Å². The third-order valence-electron chi connectivity index (χ3n) is 1.91. The normalized spacial score (nSPS) is 10.1. The monoisotopic (exact) mass is 252 g/mol. The standard InChI is InChI=1S/C11H6Cl2N2O/c12-7-1-3-14-9(5-7)11(16)10-6-8(13)2-4-15-10/h1-6H. The zero-order valence-electron chi connectivity index (χ0n) is 8.02. The Labute approximate surface area is 102 Å². The minimum atomic E-state index is -0.301. The van der Waals surface area contributed by atoms with Gasteiger partial charge < -0.3 is 0 Å².